The Kier molecular flexibility index (Phi) is 3.32. The second-order valence-electron chi connectivity index (χ2n) is 4.41. The zero-order valence-electron chi connectivity index (χ0n) is 11.0. The fraction of sp³-hybridized carbons (Fsp3) is 0. The monoisotopic (exact) mass is 274 g/mol. The predicted octanol–water partition coefficient (Wildman–Crippen LogP) is 3.44. The van der Waals surface area contributed by atoms with Crippen LogP contribution in [0.1, 0.15) is 21.8 Å². The molecule has 0 saturated carbocycles. The Bertz CT molecular complexity index is 812. The van der Waals surface area contributed by atoms with Crippen LogP contribution >= 0.6 is 0 Å². The molecule has 4 nitrogen and oxygen atoms in total. The van der Waals surface area contributed by atoms with Crippen molar-refractivity contribution in [2.24, 2.45) is 0 Å². The number of benzene rings is 2. The molecular weight excluding hydrogens is 264 g/mol. The third kappa shape index (κ3) is 2.58. The van der Waals surface area contributed by atoms with Gasteiger partial charge in [0.05, 0.1) is 17.8 Å². The zero-order valence-corrected chi connectivity index (χ0v) is 11.0. The van der Waals surface area contributed by atoms with Crippen LogP contribution in [0, 0.1) is 11.3 Å². The van der Waals surface area contributed by atoms with Crippen molar-refractivity contribution in [3.8, 4) is 17.4 Å². The topological polar surface area (TPSA) is 66.9 Å². The normalized spacial score (nSPS) is 10.0. The van der Waals surface area contributed by atoms with Crippen molar-refractivity contribution in [2.45, 2.75) is 0 Å². The molecule has 0 aliphatic carbocycles. The van der Waals surface area contributed by atoms with E-state index >= 15 is 0 Å². The van der Waals surface area contributed by atoms with E-state index in [1.165, 1.54) is 6.20 Å². The number of ketones is 1. The van der Waals surface area contributed by atoms with Crippen molar-refractivity contribution in [2.75, 3.05) is 0 Å². The number of hydrogen-bond donors (Lipinski definition) is 0. The number of carbonyl (C=O) groups is 1. The van der Waals surface area contributed by atoms with Crippen molar-refractivity contribution in [1.29, 1.82) is 5.26 Å². The maximum atomic E-state index is 12.3. The summed E-state index contributed by atoms with van der Waals surface area (Å²) in [5.41, 5.74) is 1.81. The highest BCUT2D eigenvalue weighted by molar-refractivity contribution is 6.06. The van der Waals surface area contributed by atoms with Crippen molar-refractivity contribution < 1.29 is 9.21 Å². The first-order valence-electron chi connectivity index (χ1n) is 6.34. The van der Waals surface area contributed by atoms with Gasteiger partial charge < -0.3 is 4.42 Å². The molecule has 21 heavy (non-hydrogen) atoms. The lowest BCUT2D eigenvalue weighted by Gasteiger charge is -1.97. The van der Waals surface area contributed by atoms with Gasteiger partial charge in [-0.25, -0.2) is 4.98 Å². The summed E-state index contributed by atoms with van der Waals surface area (Å²) in [5, 5.41) is 8.75. The summed E-state index contributed by atoms with van der Waals surface area (Å²) < 4.78 is 5.52. The molecule has 3 aromatic rings. The van der Waals surface area contributed by atoms with Gasteiger partial charge >= 0.3 is 0 Å². The predicted molar refractivity (Wildman–Crippen MR) is 76.5 cm³/mol. The van der Waals surface area contributed by atoms with E-state index < -0.39 is 0 Å². The molecule has 2 aromatic carbocycles. The van der Waals surface area contributed by atoms with E-state index in [-0.39, 0.29) is 11.7 Å². The molecule has 4 heteroatoms. The lowest BCUT2D eigenvalue weighted by atomic mass is 10.1. The standard InChI is InChI=1S/C17H10N2O2/c18-10-12-6-8-14(9-7-12)16(20)17-19-11-15(21-17)13-4-2-1-3-5-13/h1-9,11H. The number of nitriles is 1. The van der Waals surface area contributed by atoms with E-state index in [0.29, 0.717) is 16.9 Å². The average molecular weight is 274 g/mol. The van der Waals surface area contributed by atoms with E-state index in [1.54, 1.807) is 24.3 Å². The summed E-state index contributed by atoms with van der Waals surface area (Å²) in [5.74, 6) is 0.285. The lowest BCUT2D eigenvalue weighted by Crippen LogP contribution is -2.01. The highest BCUT2D eigenvalue weighted by Gasteiger charge is 2.16. The summed E-state index contributed by atoms with van der Waals surface area (Å²) in [6.45, 7) is 0. The summed E-state index contributed by atoms with van der Waals surface area (Å²) in [7, 11) is 0. The van der Waals surface area contributed by atoms with E-state index in [1.807, 2.05) is 36.4 Å². The molecule has 0 unspecified atom stereocenters. The van der Waals surface area contributed by atoms with Gasteiger partial charge in [0.2, 0.25) is 5.78 Å². The van der Waals surface area contributed by atoms with Crippen LogP contribution in [0.25, 0.3) is 11.3 Å². The van der Waals surface area contributed by atoms with Gasteiger partial charge in [-0.15, -0.1) is 0 Å². The fourth-order valence-corrected chi connectivity index (χ4v) is 1.93. The molecule has 0 fully saturated rings. The minimum absolute atomic E-state index is 0.0403. The molecule has 0 N–H and O–H groups in total. The molecule has 3 rings (SSSR count). The van der Waals surface area contributed by atoms with Gasteiger partial charge in [0.1, 0.15) is 0 Å². The quantitative estimate of drug-likeness (QED) is 0.686. The first-order chi connectivity index (χ1) is 10.3. The van der Waals surface area contributed by atoms with Crippen LogP contribution < -0.4 is 0 Å². The van der Waals surface area contributed by atoms with E-state index in [9.17, 15) is 4.79 Å². The molecule has 1 aromatic heterocycles. The first-order valence-corrected chi connectivity index (χ1v) is 6.34. The van der Waals surface area contributed by atoms with Crippen molar-refractivity contribution >= 4 is 5.78 Å². The molecule has 0 bridgehead atoms. The maximum Gasteiger partial charge on any atom is 0.268 e. The maximum absolute atomic E-state index is 12.3. The number of nitrogens with zero attached hydrogens (tertiary/aromatic N) is 2. The van der Waals surface area contributed by atoms with Crippen LogP contribution in [-0.4, -0.2) is 10.8 Å². The summed E-state index contributed by atoms with van der Waals surface area (Å²) in [4.78, 5) is 16.3. The number of aromatic nitrogens is 1. The van der Waals surface area contributed by atoms with Crippen LogP contribution in [0.5, 0.6) is 0 Å². The number of carbonyl (C=O) groups excluding carboxylic acids is 1. The summed E-state index contributed by atoms with van der Waals surface area (Å²) in [6, 6.07) is 17.8. The minimum Gasteiger partial charge on any atom is -0.433 e. The van der Waals surface area contributed by atoms with Crippen molar-refractivity contribution in [1.82, 2.24) is 4.98 Å². The molecule has 1 heterocycles. The molecule has 0 amide bonds. The van der Waals surface area contributed by atoms with Gasteiger partial charge in [-0.2, -0.15) is 5.26 Å². The van der Waals surface area contributed by atoms with Crippen LogP contribution in [0.2, 0.25) is 0 Å². The number of hydrogen-bond acceptors (Lipinski definition) is 4. The Hall–Kier alpha value is -3.19. The number of oxazole rings is 1. The fourth-order valence-electron chi connectivity index (χ4n) is 1.93. The average Bonchev–Trinajstić information content (AvgIpc) is 3.05. The summed E-state index contributed by atoms with van der Waals surface area (Å²) >= 11 is 0. The van der Waals surface area contributed by atoms with Gasteiger partial charge in [-0.05, 0) is 24.3 Å². The Morgan fingerprint density at radius 1 is 1.05 bits per heavy atom. The minimum atomic E-state index is -0.304. The van der Waals surface area contributed by atoms with E-state index in [0.717, 1.165) is 5.56 Å². The molecule has 0 atom stereocenters. The third-order valence-corrected chi connectivity index (χ3v) is 3.03. The van der Waals surface area contributed by atoms with Crippen LogP contribution in [0.15, 0.2) is 65.2 Å². The van der Waals surface area contributed by atoms with Crippen LogP contribution in [-0.2, 0) is 0 Å². The smallest absolute Gasteiger partial charge is 0.268 e. The van der Waals surface area contributed by atoms with Gasteiger partial charge in [0.15, 0.2) is 5.76 Å². The molecule has 0 radical (unpaired) electrons. The van der Waals surface area contributed by atoms with Gasteiger partial charge in [0, 0.05) is 11.1 Å². The van der Waals surface area contributed by atoms with Gasteiger partial charge in [-0.3, -0.25) is 4.79 Å². The molecular formula is C17H10N2O2. The number of rotatable bonds is 3. The summed E-state index contributed by atoms with van der Waals surface area (Å²) in [6.07, 6.45) is 1.53. The van der Waals surface area contributed by atoms with E-state index in [4.69, 9.17) is 9.68 Å². The molecule has 100 valence electrons. The molecule has 0 aliphatic rings. The second-order valence-corrected chi connectivity index (χ2v) is 4.41. The lowest BCUT2D eigenvalue weighted by molar-refractivity contribution is 0.100. The highest BCUT2D eigenvalue weighted by Crippen LogP contribution is 2.21. The molecule has 0 spiro atoms. The second kappa shape index (κ2) is 5.43. The van der Waals surface area contributed by atoms with Gasteiger partial charge in [-0.1, -0.05) is 30.3 Å². The Labute approximate surface area is 121 Å². The van der Waals surface area contributed by atoms with Crippen molar-refractivity contribution in [3.05, 3.63) is 77.8 Å². The van der Waals surface area contributed by atoms with Gasteiger partial charge in [0.25, 0.3) is 5.89 Å². The van der Waals surface area contributed by atoms with Crippen LogP contribution in [0.4, 0.5) is 0 Å². The zero-order chi connectivity index (χ0) is 14.7. The van der Waals surface area contributed by atoms with Crippen molar-refractivity contribution in [3.63, 3.8) is 0 Å². The third-order valence-electron chi connectivity index (χ3n) is 3.03. The molecule has 0 aliphatic heterocycles. The first kappa shape index (κ1) is 12.8. The van der Waals surface area contributed by atoms with Crippen LogP contribution in [0.3, 0.4) is 0 Å². The largest absolute Gasteiger partial charge is 0.433 e. The Morgan fingerprint density at radius 3 is 2.43 bits per heavy atom. The molecule has 0 saturated heterocycles. The highest BCUT2D eigenvalue weighted by atomic mass is 16.4. The Morgan fingerprint density at radius 2 is 1.76 bits per heavy atom. The van der Waals surface area contributed by atoms with E-state index in [2.05, 4.69) is 4.98 Å². The Balaban J connectivity index is 1.89. The SMILES string of the molecule is N#Cc1ccc(C(=O)c2ncc(-c3ccccc3)o2)cc1.